The van der Waals surface area contributed by atoms with Gasteiger partial charge in [-0.25, -0.2) is 0 Å². The van der Waals surface area contributed by atoms with Gasteiger partial charge in [0.15, 0.2) is 0 Å². The van der Waals surface area contributed by atoms with Crippen molar-refractivity contribution < 1.29 is 5.11 Å². The van der Waals surface area contributed by atoms with Gasteiger partial charge in [0.05, 0.1) is 0 Å². The van der Waals surface area contributed by atoms with Crippen molar-refractivity contribution in [2.24, 2.45) is 0 Å². The van der Waals surface area contributed by atoms with Gasteiger partial charge in [0.25, 0.3) is 0 Å². The number of aliphatic hydroxyl groups is 1. The van der Waals surface area contributed by atoms with E-state index in [0.29, 0.717) is 6.42 Å². The van der Waals surface area contributed by atoms with E-state index in [1.54, 1.807) is 0 Å². The second kappa shape index (κ2) is 5.65. The summed E-state index contributed by atoms with van der Waals surface area (Å²) in [7, 11) is 0. The van der Waals surface area contributed by atoms with E-state index in [4.69, 9.17) is 5.11 Å². The first-order valence-corrected chi connectivity index (χ1v) is 6.14. The lowest BCUT2D eigenvalue weighted by atomic mass is 9.93. The fourth-order valence-electron chi connectivity index (χ4n) is 2.21. The van der Waals surface area contributed by atoms with E-state index >= 15 is 0 Å². The zero-order chi connectivity index (χ0) is 12.1. The molecule has 0 unspecified atom stereocenters. The van der Waals surface area contributed by atoms with E-state index in [2.05, 4.69) is 49.4 Å². The van der Waals surface area contributed by atoms with E-state index < -0.39 is 0 Å². The van der Waals surface area contributed by atoms with E-state index in [1.807, 2.05) is 6.07 Å². The Morgan fingerprint density at radius 2 is 1.35 bits per heavy atom. The largest absolute Gasteiger partial charge is 0.396 e. The Balaban J connectivity index is 2.52. The summed E-state index contributed by atoms with van der Waals surface area (Å²) in [6.07, 6.45) is 1.75. The number of aliphatic hydroxyl groups excluding tert-OH is 1. The van der Waals surface area contributed by atoms with Crippen LogP contribution in [0.2, 0.25) is 0 Å². The van der Waals surface area contributed by atoms with Crippen LogP contribution in [0.5, 0.6) is 0 Å². The van der Waals surface area contributed by atoms with Gasteiger partial charge in [-0.15, -0.1) is 0 Å². The molecule has 1 nitrogen and oxygen atoms in total. The minimum Gasteiger partial charge on any atom is -0.396 e. The van der Waals surface area contributed by atoms with Gasteiger partial charge in [0.2, 0.25) is 0 Å². The Morgan fingerprint density at radius 3 is 1.94 bits per heavy atom. The molecule has 2 rings (SSSR count). The predicted molar refractivity (Wildman–Crippen MR) is 72.0 cm³/mol. The molecule has 0 atom stereocenters. The Bertz CT molecular complexity index is 488. The molecule has 1 N–H and O–H groups in total. The molecule has 0 bridgehead atoms. The van der Waals surface area contributed by atoms with Crippen LogP contribution in [0.1, 0.15) is 18.1 Å². The van der Waals surface area contributed by atoms with Crippen molar-refractivity contribution in [3.05, 3.63) is 59.7 Å². The van der Waals surface area contributed by atoms with Crippen molar-refractivity contribution in [3.8, 4) is 11.1 Å². The van der Waals surface area contributed by atoms with E-state index in [1.165, 1.54) is 22.3 Å². The molecule has 0 saturated carbocycles. The molecule has 0 amide bonds. The van der Waals surface area contributed by atoms with E-state index in [9.17, 15) is 0 Å². The normalized spacial score (nSPS) is 10.5. The molecule has 2 aromatic carbocycles. The van der Waals surface area contributed by atoms with Crippen molar-refractivity contribution in [1.29, 1.82) is 0 Å². The van der Waals surface area contributed by atoms with Crippen molar-refractivity contribution in [1.82, 2.24) is 0 Å². The number of benzene rings is 2. The molecule has 0 heterocycles. The van der Waals surface area contributed by atoms with Gasteiger partial charge in [0, 0.05) is 6.61 Å². The fraction of sp³-hybridized carbons (Fsp3) is 0.250. The lowest BCUT2D eigenvalue weighted by molar-refractivity contribution is 0.300. The van der Waals surface area contributed by atoms with Crippen LogP contribution in [0.3, 0.4) is 0 Å². The molecule has 17 heavy (non-hydrogen) atoms. The third-order valence-electron chi connectivity index (χ3n) is 3.09. The smallest absolute Gasteiger partial charge is 0.0471 e. The van der Waals surface area contributed by atoms with Gasteiger partial charge >= 0.3 is 0 Å². The van der Waals surface area contributed by atoms with Gasteiger partial charge in [0.1, 0.15) is 0 Å². The maximum absolute atomic E-state index is 9.12. The summed E-state index contributed by atoms with van der Waals surface area (Å²) < 4.78 is 0. The Morgan fingerprint density at radius 1 is 0.824 bits per heavy atom. The maximum Gasteiger partial charge on any atom is 0.0471 e. The molecule has 1 heteroatoms. The minimum absolute atomic E-state index is 0.200. The highest BCUT2D eigenvalue weighted by Crippen LogP contribution is 2.27. The summed E-state index contributed by atoms with van der Waals surface area (Å²) in [5.41, 5.74) is 5.12. The zero-order valence-electron chi connectivity index (χ0n) is 10.2. The second-order valence-electron chi connectivity index (χ2n) is 4.14. The van der Waals surface area contributed by atoms with Crippen LogP contribution in [0.4, 0.5) is 0 Å². The monoisotopic (exact) mass is 226 g/mol. The summed E-state index contributed by atoms with van der Waals surface area (Å²) in [6.45, 7) is 2.37. The summed E-state index contributed by atoms with van der Waals surface area (Å²) in [5.74, 6) is 0. The number of rotatable bonds is 4. The summed E-state index contributed by atoms with van der Waals surface area (Å²) in [6, 6.07) is 16.8. The van der Waals surface area contributed by atoms with Gasteiger partial charge in [-0.2, -0.15) is 0 Å². The summed E-state index contributed by atoms with van der Waals surface area (Å²) in [5, 5.41) is 9.12. The number of hydrogen-bond acceptors (Lipinski definition) is 1. The Hall–Kier alpha value is -1.60. The van der Waals surface area contributed by atoms with Crippen LogP contribution in [0, 0.1) is 0 Å². The SMILES string of the molecule is CCc1ccccc1-c1ccccc1CCO. The highest BCUT2D eigenvalue weighted by molar-refractivity contribution is 5.70. The van der Waals surface area contributed by atoms with Crippen LogP contribution in [-0.2, 0) is 12.8 Å². The van der Waals surface area contributed by atoms with E-state index in [0.717, 1.165) is 6.42 Å². The third kappa shape index (κ3) is 2.56. The first-order chi connectivity index (χ1) is 8.36. The Labute approximate surface area is 103 Å². The van der Waals surface area contributed by atoms with Crippen LogP contribution >= 0.6 is 0 Å². The average molecular weight is 226 g/mol. The number of hydrogen-bond donors (Lipinski definition) is 1. The molecule has 0 aliphatic carbocycles. The first kappa shape index (κ1) is 11.9. The first-order valence-electron chi connectivity index (χ1n) is 6.14. The molecule has 0 aliphatic rings. The number of aryl methyl sites for hydroxylation is 1. The molecule has 0 radical (unpaired) electrons. The second-order valence-corrected chi connectivity index (χ2v) is 4.14. The molecule has 0 fully saturated rings. The summed E-state index contributed by atoms with van der Waals surface area (Å²) >= 11 is 0. The van der Waals surface area contributed by atoms with Crippen molar-refractivity contribution in [2.75, 3.05) is 6.61 Å². The zero-order valence-corrected chi connectivity index (χ0v) is 10.2. The van der Waals surface area contributed by atoms with E-state index in [-0.39, 0.29) is 6.61 Å². The minimum atomic E-state index is 0.200. The van der Waals surface area contributed by atoms with Crippen LogP contribution in [0.15, 0.2) is 48.5 Å². The van der Waals surface area contributed by atoms with Gasteiger partial charge in [-0.1, -0.05) is 55.5 Å². The lowest BCUT2D eigenvalue weighted by Crippen LogP contribution is -1.96. The van der Waals surface area contributed by atoms with Crippen LogP contribution in [0.25, 0.3) is 11.1 Å². The highest BCUT2D eigenvalue weighted by atomic mass is 16.2. The van der Waals surface area contributed by atoms with Crippen molar-refractivity contribution in [2.45, 2.75) is 19.8 Å². The topological polar surface area (TPSA) is 20.2 Å². The Kier molecular flexibility index (Phi) is 3.94. The van der Waals surface area contributed by atoms with Gasteiger partial charge < -0.3 is 5.11 Å². The van der Waals surface area contributed by atoms with Crippen LogP contribution < -0.4 is 0 Å². The van der Waals surface area contributed by atoms with Crippen molar-refractivity contribution in [3.63, 3.8) is 0 Å². The quantitative estimate of drug-likeness (QED) is 0.846. The van der Waals surface area contributed by atoms with Gasteiger partial charge in [-0.3, -0.25) is 0 Å². The average Bonchev–Trinajstić information content (AvgIpc) is 2.40. The molecule has 0 saturated heterocycles. The molecular weight excluding hydrogens is 208 g/mol. The molecular formula is C16H18O. The highest BCUT2D eigenvalue weighted by Gasteiger charge is 2.07. The standard InChI is InChI=1S/C16H18O/c1-2-13-7-3-5-9-15(13)16-10-6-4-8-14(16)11-12-17/h3-10,17H,2,11-12H2,1H3. The molecule has 2 aromatic rings. The fourth-order valence-corrected chi connectivity index (χ4v) is 2.21. The molecule has 88 valence electrons. The van der Waals surface area contributed by atoms with Crippen molar-refractivity contribution >= 4 is 0 Å². The van der Waals surface area contributed by atoms with Crippen LogP contribution in [-0.4, -0.2) is 11.7 Å². The molecule has 0 aliphatic heterocycles. The predicted octanol–water partition coefficient (Wildman–Crippen LogP) is 3.45. The summed E-state index contributed by atoms with van der Waals surface area (Å²) in [4.78, 5) is 0. The molecule has 0 spiro atoms. The molecule has 0 aromatic heterocycles. The lowest BCUT2D eigenvalue weighted by Gasteiger charge is -2.12. The maximum atomic E-state index is 9.12. The third-order valence-corrected chi connectivity index (χ3v) is 3.09. The van der Waals surface area contributed by atoms with Gasteiger partial charge in [-0.05, 0) is 35.1 Å².